The van der Waals surface area contributed by atoms with Crippen LogP contribution in [0.15, 0.2) is 41.8 Å². The number of thiophene rings is 1. The summed E-state index contributed by atoms with van der Waals surface area (Å²) in [4.78, 5) is 21.4. The van der Waals surface area contributed by atoms with Crippen LogP contribution in [0.25, 0.3) is 0 Å². The number of aryl methyl sites for hydroxylation is 1. The summed E-state index contributed by atoms with van der Waals surface area (Å²) in [5.41, 5.74) is 2.29. The van der Waals surface area contributed by atoms with Gasteiger partial charge in [-0.25, -0.2) is 0 Å². The quantitative estimate of drug-likeness (QED) is 0.680. The second kappa shape index (κ2) is 9.21. The SMILES string of the molecule is Cc1ccc(N(CCN2CCN(CCc3cccs3)CC2)C(=O)C2CC2)cc1. The Bertz CT molecular complexity index is 747. The van der Waals surface area contributed by atoms with Crippen LogP contribution in [0.4, 0.5) is 5.69 Å². The zero-order valence-corrected chi connectivity index (χ0v) is 17.7. The molecule has 0 radical (unpaired) electrons. The van der Waals surface area contributed by atoms with Gasteiger partial charge < -0.3 is 9.80 Å². The number of nitrogens with zero attached hydrogens (tertiary/aromatic N) is 3. The third kappa shape index (κ3) is 5.22. The summed E-state index contributed by atoms with van der Waals surface area (Å²) in [5, 5.41) is 2.16. The molecular formula is C23H31N3OS. The molecule has 1 amide bonds. The number of benzene rings is 1. The van der Waals surface area contributed by atoms with Gasteiger partial charge in [0.2, 0.25) is 5.91 Å². The van der Waals surface area contributed by atoms with Crippen molar-refractivity contribution in [3.05, 3.63) is 52.2 Å². The van der Waals surface area contributed by atoms with E-state index in [0.717, 1.165) is 70.8 Å². The molecule has 2 aliphatic rings. The highest BCUT2D eigenvalue weighted by Crippen LogP contribution is 2.32. The number of anilines is 1. The lowest BCUT2D eigenvalue weighted by Crippen LogP contribution is -2.49. The van der Waals surface area contributed by atoms with Gasteiger partial charge in [0.15, 0.2) is 0 Å². The van der Waals surface area contributed by atoms with Crippen molar-refractivity contribution in [3.63, 3.8) is 0 Å². The van der Waals surface area contributed by atoms with E-state index >= 15 is 0 Å². The second-order valence-corrected chi connectivity index (χ2v) is 9.14. The zero-order chi connectivity index (χ0) is 19.3. The summed E-state index contributed by atoms with van der Waals surface area (Å²) in [6.45, 7) is 9.48. The van der Waals surface area contributed by atoms with Crippen LogP contribution in [0.3, 0.4) is 0 Å². The highest BCUT2D eigenvalue weighted by molar-refractivity contribution is 7.09. The van der Waals surface area contributed by atoms with Crippen LogP contribution in [-0.2, 0) is 11.2 Å². The average Bonchev–Trinajstić information content (AvgIpc) is 3.44. The first-order valence-corrected chi connectivity index (χ1v) is 11.4. The maximum atomic E-state index is 12.8. The molecule has 28 heavy (non-hydrogen) atoms. The summed E-state index contributed by atoms with van der Waals surface area (Å²) in [6, 6.07) is 12.8. The zero-order valence-electron chi connectivity index (χ0n) is 16.8. The van der Waals surface area contributed by atoms with E-state index in [0.29, 0.717) is 5.91 Å². The van der Waals surface area contributed by atoms with Crippen molar-refractivity contribution >= 4 is 22.9 Å². The molecule has 1 aromatic heterocycles. The Balaban J connectivity index is 1.26. The van der Waals surface area contributed by atoms with E-state index in [1.807, 2.05) is 16.2 Å². The molecule has 0 spiro atoms. The lowest BCUT2D eigenvalue weighted by molar-refractivity contribution is -0.119. The first-order chi connectivity index (χ1) is 13.7. The van der Waals surface area contributed by atoms with Gasteiger partial charge in [0.1, 0.15) is 0 Å². The van der Waals surface area contributed by atoms with E-state index in [4.69, 9.17) is 0 Å². The summed E-state index contributed by atoms with van der Waals surface area (Å²) in [7, 11) is 0. The minimum Gasteiger partial charge on any atom is -0.311 e. The summed E-state index contributed by atoms with van der Waals surface area (Å²) >= 11 is 1.86. The van der Waals surface area contributed by atoms with Crippen molar-refractivity contribution in [3.8, 4) is 0 Å². The minimum atomic E-state index is 0.260. The molecule has 0 N–H and O–H groups in total. The smallest absolute Gasteiger partial charge is 0.230 e. The van der Waals surface area contributed by atoms with Gasteiger partial charge in [-0.2, -0.15) is 0 Å². The Morgan fingerprint density at radius 2 is 1.71 bits per heavy atom. The molecule has 5 heteroatoms. The van der Waals surface area contributed by atoms with Crippen molar-refractivity contribution in [2.75, 3.05) is 50.7 Å². The van der Waals surface area contributed by atoms with Gasteiger partial charge in [-0.05, 0) is 49.8 Å². The van der Waals surface area contributed by atoms with E-state index in [1.54, 1.807) is 0 Å². The molecule has 150 valence electrons. The monoisotopic (exact) mass is 397 g/mol. The summed E-state index contributed by atoms with van der Waals surface area (Å²) < 4.78 is 0. The van der Waals surface area contributed by atoms with Gasteiger partial charge in [-0.1, -0.05) is 23.8 Å². The number of carbonyl (C=O) groups excluding carboxylic acids is 1. The molecular weight excluding hydrogens is 366 g/mol. The number of rotatable bonds is 8. The molecule has 1 saturated carbocycles. The maximum absolute atomic E-state index is 12.8. The van der Waals surface area contributed by atoms with E-state index in [9.17, 15) is 4.79 Å². The highest BCUT2D eigenvalue weighted by Gasteiger charge is 2.34. The number of amides is 1. The summed E-state index contributed by atoms with van der Waals surface area (Å²) in [6.07, 6.45) is 3.28. The standard InChI is InChI=1S/C23H31N3OS/c1-19-4-8-21(9-5-19)26(23(27)20-6-7-20)17-16-25-14-12-24(13-15-25)11-10-22-3-2-18-28-22/h2-5,8-9,18,20H,6-7,10-17H2,1H3. The fourth-order valence-corrected chi connectivity index (χ4v) is 4.54. The van der Waals surface area contributed by atoms with Gasteiger partial charge in [-0.3, -0.25) is 9.69 Å². The first kappa shape index (κ1) is 19.6. The molecule has 4 rings (SSSR count). The molecule has 0 unspecified atom stereocenters. The molecule has 1 saturated heterocycles. The lowest BCUT2D eigenvalue weighted by Gasteiger charge is -2.36. The fourth-order valence-electron chi connectivity index (χ4n) is 3.84. The first-order valence-electron chi connectivity index (χ1n) is 10.5. The van der Waals surface area contributed by atoms with Crippen LogP contribution in [-0.4, -0.2) is 61.5 Å². The van der Waals surface area contributed by atoms with Gasteiger partial charge in [-0.15, -0.1) is 11.3 Å². The topological polar surface area (TPSA) is 26.8 Å². The van der Waals surface area contributed by atoms with E-state index in [-0.39, 0.29) is 5.92 Å². The Kier molecular flexibility index (Phi) is 6.45. The van der Waals surface area contributed by atoms with Gasteiger partial charge in [0.05, 0.1) is 0 Å². The van der Waals surface area contributed by atoms with Crippen LogP contribution in [0.1, 0.15) is 23.3 Å². The van der Waals surface area contributed by atoms with Crippen molar-refractivity contribution in [2.24, 2.45) is 5.92 Å². The molecule has 1 aromatic carbocycles. The van der Waals surface area contributed by atoms with E-state index in [1.165, 1.54) is 10.4 Å². The van der Waals surface area contributed by atoms with Gasteiger partial charge in [0, 0.05) is 62.3 Å². The Morgan fingerprint density at radius 3 is 2.32 bits per heavy atom. The Labute approximate surface area is 172 Å². The average molecular weight is 398 g/mol. The van der Waals surface area contributed by atoms with Crippen molar-refractivity contribution in [1.82, 2.24) is 9.80 Å². The van der Waals surface area contributed by atoms with E-state index in [2.05, 4.69) is 58.5 Å². The summed E-state index contributed by atoms with van der Waals surface area (Å²) in [5.74, 6) is 0.578. The van der Waals surface area contributed by atoms with Gasteiger partial charge >= 0.3 is 0 Å². The molecule has 0 bridgehead atoms. The van der Waals surface area contributed by atoms with Crippen molar-refractivity contribution < 1.29 is 4.79 Å². The molecule has 2 heterocycles. The maximum Gasteiger partial charge on any atom is 0.230 e. The number of hydrogen-bond donors (Lipinski definition) is 0. The number of carbonyl (C=O) groups is 1. The van der Waals surface area contributed by atoms with Crippen LogP contribution >= 0.6 is 11.3 Å². The van der Waals surface area contributed by atoms with Crippen molar-refractivity contribution in [1.29, 1.82) is 0 Å². The van der Waals surface area contributed by atoms with Crippen LogP contribution < -0.4 is 4.90 Å². The molecule has 0 atom stereocenters. The van der Waals surface area contributed by atoms with Crippen LogP contribution in [0.2, 0.25) is 0 Å². The third-order valence-corrected chi connectivity index (χ3v) is 6.83. The Hall–Kier alpha value is -1.69. The number of piperazine rings is 1. The van der Waals surface area contributed by atoms with E-state index < -0.39 is 0 Å². The molecule has 2 aromatic rings. The fraction of sp³-hybridized carbons (Fsp3) is 0.522. The predicted octanol–water partition coefficient (Wildman–Crippen LogP) is 3.66. The molecule has 1 aliphatic carbocycles. The molecule has 1 aliphatic heterocycles. The van der Waals surface area contributed by atoms with Crippen LogP contribution in [0, 0.1) is 12.8 Å². The highest BCUT2D eigenvalue weighted by atomic mass is 32.1. The lowest BCUT2D eigenvalue weighted by atomic mass is 10.2. The normalized spacial score (nSPS) is 18.3. The molecule has 2 fully saturated rings. The largest absolute Gasteiger partial charge is 0.311 e. The Morgan fingerprint density at radius 1 is 1.04 bits per heavy atom. The minimum absolute atomic E-state index is 0.260. The number of hydrogen-bond acceptors (Lipinski definition) is 4. The third-order valence-electron chi connectivity index (χ3n) is 5.90. The second-order valence-electron chi connectivity index (χ2n) is 8.11. The van der Waals surface area contributed by atoms with Gasteiger partial charge in [0.25, 0.3) is 0 Å². The van der Waals surface area contributed by atoms with Crippen molar-refractivity contribution in [2.45, 2.75) is 26.2 Å². The predicted molar refractivity (Wildman–Crippen MR) is 117 cm³/mol. The van der Waals surface area contributed by atoms with Crippen LogP contribution in [0.5, 0.6) is 0 Å². The molecule has 4 nitrogen and oxygen atoms in total.